The Morgan fingerprint density at radius 2 is 1.59 bits per heavy atom. The van der Waals surface area contributed by atoms with Crippen molar-refractivity contribution >= 4 is 85.9 Å². The molecule has 23 heteroatoms. The molecule has 410 valence electrons. The first-order valence-corrected chi connectivity index (χ1v) is 26.6. The molecular weight excluding hydrogens is 1040 g/mol. The molecule has 1 fully saturated rings. The Kier molecular flexibility index (Phi) is 21.5. The standard InChI is InChI=1S/C52H73BrN10O12/c1-9-27(6)41(62-49(72)42(66)28(7)10-2)48(71)59-34(11-3)46(69)60-36-14-12-20-54-45(68)38(24-33-32-23-31(64)17-18-35(32)58-44(33)53)57-40(65)19-16-30-25-75-51(56-30)29(8)55-50(73)43(67)37(22-26(4)5)61-47(70)39-15-13-21-63(39)52(36)74/h16-19,23,25-29,34,36-39,41-42,58,64,66H,9-15,20-22,24H2,1-8H3,(H,54,68)(H,55,73)(H,57,65)(H,59,71)(H,60,69)(H,61,70)(H,62,72)/b19-16+/t27?,28?,29-,34-,36-,37+,38-,39-,41-,42?/m0/s1. The number of halogens is 1. The van der Waals surface area contributed by atoms with Crippen LogP contribution in [0.15, 0.2) is 39.6 Å². The van der Waals surface area contributed by atoms with Gasteiger partial charge >= 0.3 is 0 Å². The molecule has 2 aliphatic rings. The third kappa shape index (κ3) is 15.7. The lowest BCUT2D eigenvalue weighted by Crippen LogP contribution is -2.60. The van der Waals surface area contributed by atoms with Crippen LogP contribution in [0.5, 0.6) is 5.75 Å². The second-order valence-corrected chi connectivity index (χ2v) is 20.8. The fourth-order valence-electron chi connectivity index (χ4n) is 8.94. The summed E-state index contributed by atoms with van der Waals surface area (Å²) in [4.78, 5) is 134. The quantitative estimate of drug-likeness (QED) is 0.0981. The summed E-state index contributed by atoms with van der Waals surface area (Å²) in [6.07, 6.45) is 3.98. The van der Waals surface area contributed by atoms with E-state index in [-0.39, 0.29) is 80.8 Å². The maximum Gasteiger partial charge on any atom is 0.290 e. The number of fused-ring (bicyclic) bond motifs is 4. The van der Waals surface area contributed by atoms with Gasteiger partial charge in [0.05, 0.1) is 10.6 Å². The summed E-state index contributed by atoms with van der Waals surface area (Å²) in [5.74, 6) is -7.71. The predicted octanol–water partition coefficient (Wildman–Crippen LogP) is 2.86. The van der Waals surface area contributed by atoms with Gasteiger partial charge in [0.25, 0.3) is 5.91 Å². The number of aliphatic hydroxyl groups excluding tert-OH is 1. The van der Waals surface area contributed by atoms with Crippen molar-refractivity contribution < 1.29 is 57.8 Å². The van der Waals surface area contributed by atoms with Gasteiger partial charge in [-0.25, -0.2) is 4.98 Å². The third-order valence-corrected chi connectivity index (χ3v) is 14.5. The number of amides is 8. The number of benzene rings is 1. The van der Waals surface area contributed by atoms with E-state index >= 15 is 0 Å². The van der Waals surface area contributed by atoms with E-state index in [1.54, 1.807) is 26.8 Å². The van der Waals surface area contributed by atoms with Crippen molar-refractivity contribution in [2.24, 2.45) is 17.8 Å². The number of ketones is 1. The number of nitrogens with zero attached hydrogens (tertiary/aromatic N) is 2. The number of H-pyrrole nitrogens is 1. The lowest BCUT2D eigenvalue weighted by atomic mass is 9.96. The summed E-state index contributed by atoms with van der Waals surface area (Å²) in [5.41, 5.74) is 1.41. The highest BCUT2D eigenvalue weighted by molar-refractivity contribution is 9.10. The molecule has 2 bridgehead atoms. The second kappa shape index (κ2) is 27.3. The number of hydrogen-bond donors (Lipinski definition) is 10. The molecule has 22 nitrogen and oxygen atoms in total. The van der Waals surface area contributed by atoms with Crippen molar-refractivity contribution in [3.8, 4) is 5.75 Å². The molecule has 8 amide bonds. The number of phenolic OH excluding ortho intramolecular Hbond substituents is 1. The molecule has 4 heterocycles. The number of aromatic amines is 1. The Morgan fingerprint density at radius 1 is 0.867 bits per heavy atom. The van der Waals surface area contributed by atoms with Crippen molar-refractivity contribution in [3.05, 3.63) is 52.3 Å². The first-order chi connectivity index (χ1) is 35.6. The number of aromatic nitrogens is 2. The average molecular weight is 1110 g/mol. The molecular formula is C52H73BrN10O12. The monoisotopic (exact) mass is 1110 g/mol. The number of Topliss-reactive ketones (excluding diaryl/α,β-unsaturated/α-hetero) is 1. The molecule has 10 N–H and O–H groups in total. The van der Waals surface area contributed by atoms with Crippen molar-refractivity contribution in [2.75, 3.05) is 13.1 Å². The average Bonchev–Trinajstić information content (AvgIpc) is 4.14. The predicted molar refractivity (Wildman–Crippen MR) is 280 cm³/mol. The number of phenols is 1. The normalized spacial score (nSPS) is 23.1. The topological polar surface area (TPSA) is 323 Å². The van der Waals surface area contributed by atoms with Gasteiger partial charge in [0.15, 0.2) is 0 Å². The number of carbonyl (C=O) groups is 9. The fraction of sp³-hybridized carbons (Fsp3) is 0.577. The first kappa shape index (κ1) is 59.3. The second-order valence-electron chi connectivity index (χ2n) is 20.0. The molecule has 3 unspecified atom stereocenters. The molecule has 0 radical (unpaired) electrons. The van der Waals surface area contributed by atoms with Crippen LogP contribution in [0.1, 0.15) is 130 Å². The molecule has 1 aromatic carbocycles. The summed E-state index contributed by atoms with van der Waals surface area (Å²) in [7, 11) is 0. The van der Waals surface area contributed by atoms with Crippen LogP contribution in [0.3, 0.4) is 0 Å². The fourth-order valence-corrected chi connectivity index (χ4v) is 9.53. The van der Waals surface area contributed by atoms with E-state index in [2.05, 4.69) is 63.1 Å². The molecule has 2 aromatic heterocycles. The number of carbonyl (C=O) groups excluding carboxylic acids is 9. The summed E-state index contributed by atoms with van der Waals surface area (Å²) < 4.78 is 6.07. The van der Waals surface area contributed by atoms with Crippen LogP contribution < -0.4 is 37.2 Å². The van der Waals surface area contributed by atoms with Gasteiger partial charge in [-0.2, -0.15) is 0 Å². The van der Waals surface area contributed by atoms with Gasteiger partial charge in [-0.15, -0.1) is 0 Å². The molecule has 0 aliphatic carbocycles. The van der Waals surface area contributed by atoms with E-state index in [1.807, 2.05) is 27.7 Å². The molecule has 75 heavy (non-hydrogen) atoms. The maximum atomic E-state index is 14.8. The van der Waals surface area contributed by atoms with Crippen LogP contribution in [-0.2, 0) is 49.6 Å². The number of nitrogens with one attached hydrogen (secondary N) is 8. The van der Waals surface area contributed by atoms with Gasteiger partial charge in [-0.1, -0.05) is 61.3 Å². The molecule has 0 saturated carbocycles. The molecule has 2 aliphatic heterocycles. The highest BCUT2D eigenvalue weighted by Crippen LogP contribution is 2.31. The van der Waals surface area contributed by atoms with E-state index in [1.165, 1.54) is 36.3 Å². The highest BCUT2D eigenvalue weighted by Gasteiger charge is 2.41. The Hall–Kier alpha value is -6.62. The lowest BCUT2D eigenvalue weighted by Gasteiger charge is -2.31. The maximum absolute atomic E-state index is 14.8. The minimum absolute atomic E-state index is 0.00575. The van der Waals surface area contributed by atoms with Gasteiger partial charge in [-0.05, 0) is 109 Å². The Morgan fingerprint density at radius 3 is 2.27 bits per heavy atom. The molecule has 3 aromatic rings. The van der Waals surface area contributed by atoms with Crippen LogP contribution in [0.25, 0.3) is 17.0 Å². The lowest BCUT2D eigenvalue weighted by molar-refractivity contribution is -0.144. The van der Waals surface area contributed by atoms with Crippen LogP contribution in [0.2, 0.25) is 0 Å². The summed E-state index contributed by atoms with van der Waals surface area (Å²) in [6.45, 7) is 14.0. The van der Waals surface area contributed by atoms with Crippen molar-refractivity contribution in [1.29, 1.82) is 0 Å². The molecule has 10 atom stereocenters. The minimum Gasteiger partial charge on any atom is -0.508 e. The van der Waals surface area contributed by atoms with Crippen molar-refractivity contribution in [1.82, 2.24) is 52.1 Å². The van der Waals surface area contributed by atoms with Gasteiger partial charge in [0.1, 0.15) is 60.1 Å². The van der Waals surface area contributed by atoms with E-state index < -0.39 is 107 Å². The van der Waals surface area contributed by atoms with Crippen LogP contribution in [-0.4, -0.2) is 134 Å². The SMILES string of the molecule is CCC(C)C(O)C(=O)N[C@H](C(=O)N[C@@H](CC)C(=O)N[C@H]1CCCNC(=O)[C@H](Cc2c(Br)[nH]c3ccc(O)cc23)NC(=O)/C=C/c2coc(n2)[C@H](C)NC(=O)C(=O)[C@@H](CC(C)C)NC(=O)[C@@H]2CCCN2C1=O)C(C)CC. The van der Waals surface area contributed by atoms with E-state index in [9.17, 15) is 53.4 Å². The van der Waals surface area contributed by atoms with E-state index in [4.69, 9.17) is 4.42 Å². The summed E-state index contributed by atoms with van der Waals surface area (Å²) >= 11 is 3.51. The summed E-state index contributed by atoms with van der Waals surface area (Å²) in [6, 6.07) is -3.49. The van der Waals surface area contributed by atoms with Gasteiger partial charge in [-0.3, -0.25) is 43.2 Å². The van der Waals surface area contributed by atoms with Crippen LogP contribution in [0, 0.1) is 17.8 Å². The highest BCUT2D eigenvalue weighted by atomic mass is 79.9. The van der Waals surface area contributed by atoms with E-state index in [0.29, 0.717) is 40.3 Å². The first-order valence-electron chi connectivity index (χ1n) is 25.8. The van der Waals surface area contributed by atoms with Gasteiger partial charge in [0, 0.05) is 36.5 Å². The number of oxazole rings is 1. The third-order valence-electron chi connectivity index (χ3n) is 13.8. The molecule has 0 spiro atoms. The zero-order valence-corrected chi connectivity index (χ0v) is 45.4. The number of rotatable bonds is 15. The van der Waals surface area contributed by atoms with Crippen LogP contribution >= 0.6 is 15.9 Å². The Balaban J connectivity index is 1.47. The van der Waals surface area contributed by atoms with Gasteiger partial charge in [0.2, 0.25) is 53.0 Å². The zero-order chi connectivity index (χ0) is 55.3. The Labute approximate surface area is 444 Å². The smallest absolute Gasteiger partial charge is 0.290 e. The number of aromatic hydroxyl groups is 1. The van der Waals surface area contributed by atoms with Gasteiger partial charge < -0.3 is 61.7 Å². The minimum atomic E-state index is -1.37. The molecule has 5 rings (SSSR count). The molecule has 1 saturated heterocycles. The van der Waals surface area contributed by atoms with Crippen LogP contribution in [0.4, 0.5) is 0 Å². The summed E-state index contributed by atoms with van der Waals surface area (Å²) in [5, 5.41) is 40.5. The van der Waals surface area contributed by atoms with E-state index in [0.717, 1.165) is 6.08 Å². The largest absolute Gasteiger partial charge is 0.508 e. The van der Waals surface area contributed by atoms with Crippen molar-refractivity contribution in [3.63, 3.8) is 0 Å². The number of aliphatic hydroxyl groups is 1. The number of hydrogen-bond acceptors (Lipinski definition) is 13. The zero-order valence-electron chi connectivity index (χ0n) is 43.8. The van der Waals surface area contributed by atoms with Crippen molar-refractivity contribution in [2.45, 2.75) is 162 Å². The Bertz CT molecular complexity index is 2600.